The molecule has 0 spiro atoms. The Kier molecular flexibility index (Phi) is 4.64. The second kappa shape index (κ2) is 6.28. The Bertz CT molecular complexity index is 736. The number of carboxylic acid groups (broad SMARTS) is 1. The first-order valence-corrected chi connectivity index (χ1v) is 8.36. The zero-order valence-electron chi connectivity index (χ0n) is 11.7. The molecule has 0 aliphatic rings. The minimum absolute atomic E-state index is 0.0787. The Labute approximate surface area is 123 Å². The summed E-state index contributed by atoms with van der Waals surface area (Å²) in [7, 11) is -3.57. The number of carbonyl (C=O) groups is 1. The molecule has 2 rings (SSSR count). The van der Waals surface area contributed by atoms with Gasteiger partial charge in [0, 0.05) is 23.5 Å². The highest BCUT2D eigenvalue weighted by Gasteiger charge is 2.24. The summed E-state index contributed by atoms with van der Waals surface area (Å²) in [6.07, 6.45) is 2.26. The van der Waals surface area contributed by atoms with Crippen molar-refractivity contribution in [2.45, 2.75) is 25.8 Å². The van der Waals surface area contributed by atoms with Crippen molar-refractivity contribution in [1.29, 1.82) is 0 Å². The van der Waals surface area contributed by atoms with E-state index < -0.39 is 22.0 Å². The molecule has 114 valence electrons. The first-order chi connectivity index (χ1) is 9.93. The molecule has 0 unspecified atom stereocenters. The topological polar surface area (TPSA) is 99.3 Å². The van der Waals surface area contributed by atoms with E-state index >= 15 is 0 Å². The molecular formula is C14H18N2O4S. The second-order valence-corrected chi connectivity index (χ2v) is 6.76. The fraction of sp³-hybridized carbons (Fsp3) is 0.357. The lowest BCUT2D eigenvalue weighted by atomic mass is 10.1. The molecule has 3 N–H and O–H groups in total. The van der Waals surface area contributed by atoms with E-state index in [9.17, 15) is 18.3 Å². The van der Waals surface area contributed by atoms with Crippen molar-refractivity contribution in [2.75, 3.05) is 5.75 Å². The van der Waals surface area contributed by atoms with Gasteiger partial charge in [-0.05, 0) is 18.1 Å². The summed E-state index contributed by atoms with van der Waals surface area (Å²) in [5.41, 5.74) is 1.67. The SMILES string of the molecule is CCCS(=O)(=O)N[C@@H](Cc1c[nH]c2ccccc12)C(=O)O. The van der Waals surface area contributed by atoms with Gasteiger partial charge in [-0.2, -0.15) is 0 Å². The third-order valence-corrected chi connectivity index (χ3v) is 4.78. The molecule has 0 saturated heterocycles. The largest absolute Gasteiger partial charge is 0.480 e. The lowest BCUT2D eigenvalue weighted by Gasteiger charge is -2.14. The van der Waals surface area contributed by atoms with E-state index in [0.717, 1.165) is 16.5 Å². The average molecular weight is 310 g/mol. The maximum atomic E-state index is 11.8. The van der Waals surface area contributed by atoms with Crippen molar-refractivity contribution in [2.24, 2.45) is 0 Å². The van der Waals surface area contributed by atoms with Gasteiger partial charge in [0.05, 0.1) is 5.75 Å². The molecule has 0 aliphatic heterocycles. The normalized spacial score (nSPS) is 13.4. The monoisotopic (exact) mass is 310 g/mol. The molecular weight excluding hydrogens is 292 g/mol. The Morgan fingerprint density at radius 1 is 1.38 bits per heavy atom. The van der Waals surface area contributed by atoms with Crippen LogP contribution in [-0.4, -0.2) is 36.3 Å². The average Bonchev–Trinajstić information content (AvgIpc) is 2.81. The van der Waals surface area contributed by atoms with Crippen LogP contribution in [0.3, 0.4) is 0 Å². The van der Waals surface area contributed by atoms with Crippen LogP contribution < -0.4 is 4.72 Å². The quantitative estimate of drug-likeness (QED) is 0.721. The molecule has 2 aromatic rings. The minimum atomic E-state index is -3.57. The van der Waals surface area contributed by atoms with Gasteiger partial charge in [-0.3, -0.25) is 4.79 Å². The third-order valence-electron chi connectivity index (χ3n) is 3.19. The fourth-order valence-electron chi connectivity index (χ4n) is 2.24. The van der Waals surface area contributed by atoms with Gasteiger partial charge in [-0.1, -0.05) is 25.1 Å². The summed E-state index contributed by atoms with van der Waals surface area (Å²) in [5.74, 6) is -1.26. The van der Waals surface area contributed by atoms with E-state index in [-0.39, 0.29) is 12.2 Å². The summed E-state index contributed by atoms with van der Waals surface area (Å²) in [4.78, 5) is 14.4. The molecule has 6 nitrogen and oxygen atoms in total. The number of fused-ring (bicyclic) bond motifs is 1. The summed E-state index contributed by atoms with van der Waals surface area (Å²) in [6.45, 7) is 1.73. The van der Waals surface area contributed by atoms with Crippen molar-refractivity contribution in [1.82, 2.24) is 9.71 Å². The van der Waals surface area contributed by atoms with Gasteiger partial charge >= 0.3 is 5.97 Å². The number of carboxylic acids is 1. The van der Waals surface area contributed by atoms with Crippen LogP contribution in [-0.2, 0) is 21.2 Å². The molecule has 21 heavy (non-hydrogen) atoms. The number of aliphatic carboxylic acids is 1. The van der Waals surface area contributed by atoms with Crippen LogP contribution >= 0.6 is 0 Å². The Morgan fingerprint density at radius 3 is 2.76 bits per heavy atom. The lowest BCUT2D eigenvalue weighted by molar-refractivity contribution is -0.138. The van der Waals surface area contributed by atoms with Crippen LogP contribution in [0, 0.1) is 0 Å². The van der Waals surface area contributed by atoms with E-state index in [1.165, 1.54) is 0 Å². The molecule has 0 fully saturated rings. The number of benzene rings is 1. The molecule has 7 heteroatoms. The van der Waals surface area contributed by atoms with Gasteiger partial charge in [-0.25, -0.2) is 13.1 Å². The number of aromatic nitrogens is 1. The number of H-pyrrole nitrogens is 1. The van der Waals surface area contributed by atoms with Crippen LogP contribution in [0.5, 0.6) is 0 Å². The van der Waals surface area contributed by atoms with E-state index in [0.29, 0.717) is 6.42 Å². The molecule has 0 aliphatic carbocycles. The first-order valence-electron chi connectivity index (χ1n) is 6.70. The van der Waals surface area contributed by atoms with Gasteiger partial charge in [0.1, 0.15) is 6.04 Å². The Hall–Kier alpha value is -1.86. The second-order valence-electron chi connectivity index (χ2n) is 4.89. The smallest absolute Gasteiger partial charge is 0.322 e. The van der Waals surface area contributed by atoms with Crippen LogP contribution in [0.25, 0.3) is 10.9 Å². The van der Waals surface area contributed by atoms with Crippen LogP contribution in [0.1, 0.15) is 18.9 Å². The number of para-hydroxylation sites is 1. The summed E-state index contributed by atoms with van der Waals surface area (Å²) in [6, 6.07) is 6.33. The molecule has 0 amide bonds. The van der Waals surface area contributed by atoms with Gasteiger partial charge in [0.2, 0.25) is 10.0 Å². The summed E-state index contributed by atoms with van der Waals surface area (Å²) < 4.78 is 25.8. The number of sulfonamides is 1. The molecule has 1 heterocycles. The maximum absolute atomic E-state index is 11.8. The van der Waals surface area contributed by atoms with Gasteiger partial charge < -0.3 is 10.1 Å². The van der Waals surface area contributed by atoms with E-state index in [2.05, 4.69) is 9.71 Å². The lowest BCUT2D eigenvalue weighted by Crippen LogP contribution is -2.43. The van der Waals surface area contributed by atoms with Crippen molar-refractivity contribution in [3.05, 3.63) is 36.0 Å². The molecule has 1 atom stereocenters. The van der Waals surface area contributed by atoms with Crippen molar-refractivity contribution in [3.63, 3.8) is 0 Å². The van der Waals surface area contributed by atoms with Gasteiger partial charge in [0.25, 0.3) is 0 Å². The highest BCUT2D eigenvalue weighted by Crippen LogP contribution is 2.19. The van der Waals surface area contributed by atoms with E-state index in [1.807, 2.05) is 24.3 Å². The molecule has 0 bridgehead atoms. The zero-order valence-corrected chi connectivity index (χ0v) is 12.5. The van der Waals surface area contributed by atoms with Crippen LogP contribution in [0.15, 0.2) is 30.5 Å². The Morgan fingerprint density at radius 2 is 2.10 bits per heavy atom. The highest BCUT2D eigenvalue weighted by molar-refractivity contribution is 7.89. The molecule has 1 aromatic heterocycles. The highest BCUT2D eigenvalue weighted by atomic mass is 32.2. The van der Waals surface area contributed by atoms with E-state index in [4.69, 9.17) is 0 Å². The van der Waals surface area contributed by atoms with Crippen LogP contribution in [0.4, 0.5) is 0 Å². The van der Waals surface area contributed by atoms with Crippen molar-refractivity contribution in [3.8, 4) is 0 Å². The number of aromatic amines is 1. The summed E-state index contributed by atoms with van der Waals surface area (Å²) in [5, 5.41) is 10.1. The number of nitrogens with one attached hydrogen (secondary N) is 2. The maximum Gasteiger partial charge on any atom is 0.322 e. The van der Waals surface area contributed by atoms with Crippen molar-refractivity contribution >= 4 is 26.9 Å². The van der Waals surface area contributed by atoms with Gasteiger partial charge in [0.15, 0.2) is 0 Å². The van der Waals surface area contributed by atoms with Crippen LogP contribution in [0.2, 0.25) is 0 Å². The molecule has 1 aromatic carbocycles. The predicted octanol–water partition coefficient (Wildman–Crippen LogP) is 1.49. The number of rotatable bonds is 7. The predicted molar refractivity (Wildman–Crippen MR) is 80.6 cm³/mol. The third kappa shape index (κ3) is 3.83. The molecule has 0 saturated carbocycles. The summed E-state index contributed by atoms with van der Waals surface area (Å²) >= 11 is 0. The standard InChI is InChI=1S/C14H18N2O4S/c1-2-7-21(19,20)16-13(14(17)18)8-10-9-15-12-6-4-3-5-11(10)12/h3-6,9,13,15-16H,2,7-8H2,1H3,(H,17,18)/t13-/m0/s1. The van der Waals surface area contributed by atoms with E-state index in [1.54, 1.807) is 13.1 Å². The molecule has 0 radical (unpaired) electrons. The minimum Gasteiger partial charge on any atom is -0.480 e. The zero-order chi connectivity index (χ0) is 15.5. The van der Waals surface area contributed by atoms with Gasteiger partial charge in [-0.15, -0.1) is 0 Å². The number of hydrogen-bond acceptors (Lipinski definition) is 3. The Balaban J connectivity index is 2.23. The number of hydrogen-bond donors (Lipinski definition) is 3. The fourth-order valence-corrected chi connectivity index (χ4v) is 3.52. The van der Waals surface area contributed by atoms with Crippen molar-refractivity contribution < 1.29 is 18.3 Å². The first kappa shape index (κ1) is 15.5.